The highest BCUT2D eigenvalue weighted by molar-refractivity contribution is 7.80. The average Bonchev–Trinajstić information content (AvgIpc) is 2.53. The molecule has 0 aromatic carbocycles. The van der Waals surface area contributed by atoms with Crippen molar-refractivity contribution in [2.24, 2.45) is 0 Å². The lowest BCUT2D eigenvalue weighted by Crippen LogP contribution is -2.45. The zero-order valence-electron chi connectivity index (χ0n) is 13.4. The summed E-state index contributed by atoms with van der Waals surface area (Å²) in [6, 6.07) is 0.833. The van der Waals surface area contributed by atoms with Crippen LogP contribution in [-0.2, 0) is 31.0 Å². The highest BCUT2D eigenvalue weighted by atomic mass is 32.1. The second-order valence-electron chi connectivity index (χ2n) is 3.44. The van der Waals surface area contributed by atoms with E-state index in [4.69, 9.17) is 31.0 Å². The Morgan fingerprint density at radius 1 is 0.650 bits per heavy atom. The van der Waals surface area contributed by atoms with Crippen molar-refractivity contribution in [3.05, 3.63) is 0 Å². The molecule has 0 unspecified atom stereocenters. The van der Waals surface area contributed by atoms with Crippen molar-refractivity contribution >= 4 is 30.5 Å². The van der Waals surface area contributed by atoms with Gasteiger partial charge in [0, 0.05) is 55.8 Å². The van der Waals surface area contributed by atoms with E-state index in [-0.39, 0.29) is 0 Å². The first kappa shape index (κ1) is 22.8. The van der Waals surface area contributed by atoms with Gasteiger partial charge in [-0.25, -0.2) is 0 Å². The summed E-state index contributed by atoms with van der Waals surface area (Å²) in [5.74, 6) is 0.838. The Hall–Kier alpha value is 0.504. The van der Waals surface area contributed by atoms with Gasteiger partial charge >= 0.3 is 17.9 Å². The monoisotopic (exact) mass is 348 g/mol. The summed E-state index contributed by atoms with van der Waals surface area (Å²) in [4.78, 5) is 0. The zero-order chi connectivity index (χ0) is 16.1. The maximum atomic E-state index is 5.20. The van der Waals surface area contributed by atoms with Crippen molar-refractivity contribution in [3.63, 3.8) is 0 Å². The molecule has 7 nitrogen and oxygen atoms in total. The predicted molar refractivity (Wildman–Crippen MR) is 83.8 cm³/mol. The minimum Gasteiger partial charge on any atom is -0.377 e. The van der Waals surface area contributed by atoms with E-state index in [1.54, 1.807) is 21.3 Å². The van der Waals surface area contributed by atoms with Gasteiger partial charge in [0.1, 0.15) is 0 Å². The molecule has 0 saturated carbocycles. The highest BCUT2D eigenvalue weighted by Gasteiger charge is 2.40. The van der Waals surface area contributed by atoms with Crippen LogP contribution in [0.4, 0.5) is 0 Å². The predicted octanol–water partition coefficient (Wildman–Crippen LogP) is 1.19. The molecule has 0 aromatic heterocycles. The van der Waals surface area contributed by atoms with Crippen LogP contribution in [-0.4, -0.2) is 73.4 Å². The summed E-state index contributed by atoms with van der Waals surface area (Å²) in [7, 11) is 5.84. The van der Waals surface area contributed by atoms with Crippen LogP contribution in [0.25, 0.3) is 0 Å². The van der Waals surface area contributed by atoms with Crippen molar-refractivity contribution in [2.45, 2.75) is 12.5 Å². The van der Waals surface area contributed by atoms with Crippen LogP contribution in [0.15, 0.2) is 0 Å². The maximum Gasteiger partial charge on any atom is 0.678 e. The molecule has 0 aromatic rings. The van der Waals surface area contributed by atoms with Crippen LogP contribution < -0.4 is 0 Å². The molecule has 0 spiro atoms. The average molecular weight is 349 g/mol. The number of rotatable bonds is 10. The fraction of sp³-hybridized carbons (Fsp3) is 1.00. The van der Waals surface area contributed by atoms with E-state index in [1.807, 2.05) is 0 Å². The lowest BCUT2D eigenvalue weighted by molar-refractivity contribution is 0.0226. The molecule has 0 bridgehead atoms. The molecule has 0 aliphatic carbocycles. The third-order valence-electron chi connectivity index (χ3n) is 2.57. The van der Waals surface area contributed by atoms with Gasteiger partial charge in [-0.2, -0.15) is 12.6 Å². The highest BCUT2D eigenvalue weighted by Crippen LogP contribution is 2.14. The molecule has 0 atom stereocenters. The third-order valence-corrected chi connectivity index (χ3v) is 7.72. The molecule has 0 aliphatic rings. The van der Waals surface area contributed by atoms with Crippen molar-refractivity contribution < 1.29 is 31.0 Å². The molecule has 0 aliphatic heterocycles. The molecule has 10 heteroatoms. The van der Waals surface area contributed by atoms with E-state index in [1.165, 1.54) is 28.4 Å². The normalized spacial score (nSPS) is 12.0. The van der Waals surface area contributed by atoms with Gasteiger partial charge < -0.3 is 31.0 Å². The summed E-state index contributed by atoms with van der Waals surface area (Å²) in [5, 5.41) is 0. The van der Waals surface area contributed by atoms with E-state index in [9.17, 15) is 0 Å². The van der Waals surface area contributed by atoms with Gasteiger partial charge in [-0.05, 0) is 12.2 Å². The molecule has 0 rings (SSSR count). The van der Waals surface area contributed by atoms with Crippen LogP contribution >= 0.6 is 12.6 Å². The van der Waals surface area contributed by atoms with Crippen LogP contribution in [0.3, 0.4) is 0 Å². The Balaban J connectivity index is 0. The number of thiol groups is 1. The molecule has 124 valence electrons. The summed E-state index contributed by atoms with van der Waals surface area (Å²) >= 11 is 4.10. The van der Waals surface area contributed by atoms with E-state index in [0.29, 0.717) is 0 Å². The fourth-order valence-corrected chi connectivity index (χ4v) is 4.53. The molecular weight excluding hydrogens is 320 g/mol. The van der Waals surface area contributed by atoms with Crippen LogP contribution in [0.1, 0.15) is 6.42 Å². The summed E-state index contributed by atoms with van der Waals surface area (Å²) in [5.41, 5.74) is 0. The van der Waals surface area contributed by atoms with Gasteiger partial charge in [0.25, 0.3) is 0 Å². The lowest BCUT2D eigenvalue weighted by Gasteiger charge is -2.23. The van der Waals surface area contributed by atoms with Crippen LogP contribution in [0.5, 0.6) is 0 Å². The molecule has 0 amide bonds. The first-order valence-electron chi connectivity index (χ1n) is 5.96. The van der Waals surface area contributed by atoms with Gasteiger partial charge in [0.2, 0.25) is 0 Å². The van der Waals surface area contributed by atoms with E-state index >= 15 is 0 Å². The first-order valence-corrected chi connectivity index (χ1v) is 10.2. The van der Waals surface area contributed by atoms with Crippen molar-refractivity contribution in [1.29, 1.82) is 0 Å². The molecule has 0 radical (unpaired) electrons. The standard InChI is InChI=1S/C6H16O3SSi.C4H12O4Si/c1-7-11(8-2,9-3)6-4-5-10;1-5-9(6-2,7-3)8-4/h10H,4-6H2,1-3H3;1-4H3. The minimum atomic E-state index is -2.69. The van der Waals surface area contributed by atoms with Crippen LogP contribution in [0, 0.1) is 0 Å². The summed E-state index contributed by atoms with van der Waals surface area (Å²) in [6.07, 6.45) is 0.963. The maximum absolute atomic E-state index is 5.20. The molecule has 0 fully saturated rings. The van der Waals surface area contributed by atoms with Gasteiger partial charge in [0.15, 0.2) is 0 Å². The Morgan fingerprint density at radius 3 is 1.15 bits per heavy atom. The Morgan fingerprint density at radius 2 is 1.00 bits per heavy atom. The van der Waals surface area contributed by atoms with Gasteiger partial charge in [-0.1, -0.05) is 0 Å². The number of hydrogen-bond acceptors (Lipinski definition) is 8. The second-order valence-corrected chi connectivity index (χ2v) is 9.61. The first-order chi connectivity index (χ1) is 9.49. The molecule has 0 N–H and O–H groups in total. The van der Waals surface area contributed by atoms with Gasteiger partial charge in [0.05, 0.1) is 0 Å². The molecule has 0 heterocycles. The Labute approximate surface area is 130 Å². The Bertz CT molecular complexity index is 190. The smallest absolute Gasteiger partial charge is 0.377 e. The second kappa shape index (κ2) is 13.2. The van der Waals surface area contributed by atoms with E-state index < -0.39 is 17.9 Å². The van der Waals surface area contributed by atoms with E-state index in [2.05, 4.69) is 12.6 Å². The van der Waals surface area contributed by atoms with E-state index in [0.717, 1.165) is 18.2 Å². The lowest BCUT2D eigenvalue weighted by atomic mass is 10.6. The topological polar surface area (TPSA) is 64.6 Å². The third kappa shape index (κ3) is 8.07. The van der Waals surface area contributed by atoms with Crippen molar-refractivity contribution in [1.82, 2.24) is 0 Å². The largest absolute Gasteiger partial charge is 0.678 e. The zero-order valence-corrected chi connectivity index (χ0v) is 16.3. The van der Waals surface area contributed by atoms with Gasteiger partial charge in [-0.3, -0.25) is 0 Å². The quantitative estimate of drug-likeness (QED) is 0.470. The fourth-order valence-electron chi connectivity index (χ4n) is 1.35. The van der Waals surface area contributed by atoms with Crippen LogP contribution in [0.2, 0.25) is 6.04 Å². The van der Waals surface area contributed by atoms with Gasteiger partial charge in [-0.15, -0.1) is 0 Å². The molecule has 0 saturated heterocycles. The SMILES string of the molecule is CO[Si](CCCS)(OC)OC.CO[Si](OC)(OC)OC. The summed E-state index contributed by atoms with van der Waals surface area (Å²) < 4.78 is 35.0. The Kier molecular flexibility index (Phi) is 15.0. The number of hydrogen-bond donors (Lipinski definition) is 1. The summed E-state index contributed by atoms with van der Waals surface area (Å²) in [6.45, 7) is 0. The molecular formula is C10H28O7SSi2. The van der Waals surface area contributed by atoms with Crippen molar-refractivity contribution in [3.8, 4) is 0 Å². The molecule has 20 heavy (non-hydrogen) atoms. The minimum absolute atomic E-state index is 0.833. The van der Waals surface area contributed by atoms with Crippen molar-refractivity contribution in [2.75, 3.05) is 55.5 Å².